The van der Waals surface area contributed by atoms with Gasteiger partial charge in [0.05, 0.1) is 16.3 Å². The van der Waals surface area contributed by atoms with Gasteiger partial charge in [-0.2, -0.15) is 5.21 Å². The standard InChI is InChI=1S/C13H7N5O2/c19-10-7-3-1-4-9(12-15-17-18-16-12)11(7)20-13-8(10)5-2-6-14-13/h1-6H,(H,15,16,17,18). The van der Waals surface area contributed by atoms with E-state index >= 15 is 0 Å². The summed E-state index contributed by atoms with van der Waals surface area (Å²) in [6.45, 7) is 0. The Morgan fingerprint density at radius 2 is 2.00 bits per heavy atom. The van der Waals surface area contributed by atoms with Crippen LogP contribution in [0.3, 0.4) is 0 Å². The van der Waals surface area contributed by atoms with Crippen molar-refractivity contribution < 1.29 is 4.42 Å². The van der Waals surface area contributed by atoms with Gasteiger partial charge in [0.2, 0.25) is 17.0 Å². The van der Waals surface area contributed by atoms with Crippen LogP contribution in [0.2, 0.25) is 0 Å². The highest BCUT2D eigenvalue weighted by Crippen LogP contribution is 2.26. The number of pyridine rings is 1. The predicted molar refractivity (Wildman–Crippen MR) is 71.0 cm³/mol. The number of aromatic nitrogens is 5. The lowest BCUT2D eigenvalue weighted by atomic mass is 10.1. The number of para-hydroxylation sites is 1. The second-order valence-corrected chi connectivity index (χ2v) is 4.20. The lowest BCUT2D eigenvalue weighted by Gasteiger charge is -2.03. The monoisotopic (exact) mass is 265 g/mol. The summed E-state index contributed by atoms with van der Waals surface area (Å²) in [5.41, 5.74) is 1.17. The Morgan fingerprint density at radius 3 is 2.85 bits per heavy atom. The fraction of sp³-hybridized carbons (Fsp3) is 0. The maximum absolute atomic E-state index is 12.4. The van der Waals surface area contributed by atoms with Gasteiger partial charge in [0.25, 0.3) is 0 Å². The van der Waals surface area contributed by atoms with Gasteiger partial charge in [-0.05, 0) is 29.5 Å². The van der Waals surface area contributed by atoms with Crippen molar-refractivity contribution in [3.63, 3.8) is 0 Å². The third kappa shape index (κ3) is 1.43. The summed E-state index contributed by atoms with van der Waals surface area (Å²) in [5, 5.41) is 14.6. The first-order chi connectivity index (χ1) is 9.84. The molecule has 3 heterocycles. The predicted octanol–water partition coefficient (Wildman–Crippen LogP) is 1.52. The van der Waals surface area contributed by atoms with Crippen LogP contribution in [0.1, 0.15) is 0 Å². The third-order valence-electron chi connectivity index (χ3n) is 3.06. The second-order valence-electron chi connectivity index (χ2n) is 4.20. The summed E-state index contributed by atoms with van der Waals surface area (Å²) in [4.78, 5) is 16.5. The van der Waals surface area contributed by atoms with Crippen LogP contribution < -0.4 is 5.43 Å². The van der Waals surface area contributed by atoms with E-state index in [-0.39, 0.29) is 5.43 Å². The maximum Gasteiger partial charge on any atom is 0.230 e. The van der Waals surface area contributed by atoms with E-state index in [2.05, 4.69) is 25.6 Å². The van der Waals surface area contributed by atoms with E-state index in [1.165, 1.54) is 0 Å². The Bertz CT molecular complexity index is 975. The van der Waals surface area contributed by atoms with Crippen LogP contribution in [0.4, 0.5) is 0 Å². The Labute approximate surface area is 111 Å². The number of H-pyrrole nitrogens is 1. The molecule has 3 aromatic heterocycles. The van der Waals surface area contributed by atoms with Crippen molar-refractivity contribution >= 4 is 22.1 Å². The Kier molecular flexibility index (Phi) is 2.13. The first kappa shape index (κ1) is 10.8. The van der Waals surface area contributed by atoms with Crippen molar-refractivity contribution in [1.82, 2.24) is 25.6 Å². The molecule has 7 nitrogen and oxygen atoms in total. The highest BCUT2D eigenvalue weighted by atomic mass is 16.3. The van der Waals surface area contributed by atoms with Gasteiger partial charge in [0.1, 0.15) is 0 Å². The molecular weight excluding hydrogens is 258 g/mol. The SMILES string of the molecule is O=c1c2cccnc2oc2c(-c3nn[nH]n3)cccc12. The number of rotatable bonds is 1. The molecule has 96 valence electrons. The number of tetrazole rings is 1. The first-order valence-electron chi connectivity index (χ1n) is 5.89. The Hall–Kier alpha value is -3.09. The van der Waals surface area contributed by atoms with E-state index in [1.807, 2.05) is 0 Å². The minimum absolute atomic E-state index is 0.125. The number of fused-ring (bicyclic) bond motifs is 2. The van der Waals surface area contributed by atoms with Crippen molar-refractivity contribution in [2.24, 2.45) is 0 Å². The zero-order valence-corrected chi connectivity index (χ0v) is 10.1. The lowest BCUT2D eigenvalue weighted by molar-refractivity contribution is 0.645. The van der Waals surface area contributed by atoms with Crippen molar-refractivity contribution in [3.05, 3.63) is 46.8 Å². The summed E-state index contributed by atoms with van der Waals surface area (Å²) < 4.78 is 5.75. The molecule has 20 heavy (non-hydrogen) atoms. The molecule has 0 unspecified atom stereocenters. The molecule has 0 aliphatic carbocycles. The van der Waals surface area contributed by atoms with Crippen LogP contribution in [0.5, 0.6) is 0 Å². The smallest absolute Gasteiger partial charge is 0.230 e. The first-order valence-corrected chi connectivity index (χ1v) is 5.89. The molecule has 0 saturated heterocycles. The molecule has 0 bridgehead atoms. The van der Waals surface area contributed by atoms with E-state index < -0.39 is 0 Å². The molecule has 4 aromatic rings. The molecule has 1 aromatic carbocycles. The van der Waals surface area contributed by atoms with E-state index in [9.17, 15) is 4.79 Å². The Balaban J connectivity index is 2.21. The van der Waals surface area contributed by atoms with Crippen LogP contribution in [-0.4, -0.2) is 25.6 Å². The second kappa shape index (κ2) is 3.95. The average molecular weight is 265 g/mol. The summed E-state index contributed by atoms with van der Waals surface area (Å²) >= 11 is 0. The quantitative estimate of drug-likeness (QED) is 0.524. The number of nitrogens with one attached hydrogen (secondary N) is 1. The van der Waals surface area contributed by atoms with Gasteiger partial charge < -0.3 is 4.42 Å². The molecule has 0 spiro atoms. The summed E-state index contributed by atoms with van der Waals surface area (Å²) in [7, 11) is 0. The van der Waals surface area contributed by atoms with E-state index in [0.717, 1.165) is 0 Å². The molecule has 0 aliphatic rings. The number of hydrogen-bond donors (Lipinski definition) is 1. The highest BCUT2D eigenvalue weighted by Gasteiger charge is 2.14. The van der Waals surface area contributed by atoms with Gasteiger partial charge >= 0.3 is 0 Å². The molecule has 7 heteroatoms. The zero-order valence-electron chi connectivity index (χ0n) is 10.1. The van der Waals surface area contributed by atoms with Gasteiger partial charge in [0.15, 0.2) is 5.58 Å². The Morgan fingerprint density at radius 1 is 1.10 bits per heavy atom. The van der Waals surface area contributed by atoms with Gasteiger partial charge in [-0.25, -0.2) is 4.98 Å². The molecule has 0 fully saturated rings. The normalized spacial score (nSPS) is 11.2. The topological polar surface area (TPSA) is 97.6 Å². The number of aromatic amines is 1. The van der Waals surface area contributed by atoms with Crippen LogP contribution in [0, 0.1) is 0 Å². The van der Waals surface area contributed by atoms with E-state index in [1.54, 1.807) is 36.5 Å². The fourth-order valence-corrected chi connectivity index (χ4v) is 2.16. The van der Waals surface area contributed by atoms with Gasteiger partial charge in [0, 0.05) is 6.20 Å². The number of hydrogen-bond acceptors (Lipinski definition) is 6. The summed E-state index contributed by atoms with van der Waals surface area (Å²) in [6, 6.07) is 8.62. The number of nitrogens with zero attached hydrogens (tertiary/aromatic N) is 4. The minimum atomic E-state index is -0.125. The van der Waals surface area contributed by atoms with Gasteiger partial charge in [-0.1, -0.05) is 6.07 Å². The minimum Gasteiger partial charge on any atom is -0.437 e. The van der Waals surface area contributed by atoms with E-state index in [4.69, 9.17) is 4.42 Å². The summed E-state index contributed by atoms with van der Waals surface area (Å²) in [6.07, 6.45) is 1.58. The summed E-state index contributed by atoms with van der Waals surface area (Å²) in [5.74, 6) is 0.369. The molecule has 0 atom stereocenters. The van der Waals surface area contributed by atoms with Gasteiger partial charge in [-0.3, -0.25) is 4.79 Å². The molecule has 4 rings (SSSR count). The van der Waals surface area contributed by atoms with Crippen molar-refractivity contribution in [1.29, 1.82) is 0 Å². The maximum atomic E-state index is 12.4. The van der Waals surface area contributed by atoms with Crippen LogP contribution >= 0.6 is 0 Å². The lowest BCUT2D eigenvalue weighted by Crippen LogP contribution is -2.03. The van der Waals surface area contributed by atoms with Crippen molar-refractivity contribution in [3.8, 4) is 11.4 Å². The highest BCUT2D eigenvalue weighted by molar-refractivity contribution is 5.95. The van der Waals surface area contributed by atoms with Crippen molar-refractivity contribution in [2.45, 2.75) is 0 Å². The molecule has 0 aliphatic heterocycles. The molecular formula is C13H7N5O2. The number of benzene rings is 1. The molecule has 1 N–H and O–H groups in total. The fourth-order valence-electron chi connectivity index (χ4n) is 2.16. The molecule has 0 saturated carbocycles. The van der Waals surface area contributed by atoms with E-state index in [0.29, 0.717) is 33.5 Å². The largest absolute Gasteiger partial charge is 0.437 e. The molecule has 0 amide bonds. The molecule has 0 radical (unpaired) electrons. The zero-order chi connectivity index (χ0) is 13.5. The average Bonchev–Trinajstić information content (AvgIpc) is 3.01. The van der Waals surface area contributed by atoms with Crippen molar-refractivity contribution in [2.75, 3.05) is 0 Å². The third-order valence-corrected chi connectivity index (χ3v) is 3.06. The van der Waals surface area contributed by atoms with Crippen LogP contribution in [-0.2, 0) is 0 Å². The van der Waals surface area contributed by atoms with Crippen LogP contribution in [0.25, 0.3) is 33.5 Å². The van der Waals surface area contributed by atoms with Gasteiger partial charge in [-0.15, -0.1) is 10.2 Å². The van der Waals surface area contributed by atoms with Crippen LogP contribution in [0.15, 0.2) is 45.7 Å².